The van der Waals surface area contributed by atoms with Gasteiger partial charge in [-0.25, -0.2) is 18.5 Å². The molecule has 172 valence electrons. The number of halogens is 6. The summed E-state index contributed by atoms with van der Waals surface area (Å²) >= 11 is 20.3. The van der Waals surface area contributed by atoms with Crippen molar-refractivity contribution in [1.29, 1.82) is 0 Å². The van der Waals surface area contributed by atoms with Gasteiger partial charge in [-0.05, 0) is 59.7 Å². The second kappa shape index (κ2) is 8.72. The molecule has 4 nitrogen and oxygen atoms in total. The molecule has 1 aromatic heterocycles. The van der Waals surface area contributed by atoms with Gasteiger partial charge in [0.1, 0.15) is 0 Å². The number of sulfonamides is 1. The van der Waals surface area contributed by atoms with Crippen LogP contribution in [0.15, 0.2) is 53.4 Å². The fourth-order valence-corrected chi connectivity index (χ4v) is 5.77. The monoisotopic (exact) mass is 550 g/mol. The topological polar surface area (TPSA) is 73.1 Å². The van der Waals surface area contributed by atoms with Crippen molar-refractivity contribution in [2.24, 2.45) is 5.14 Å². The fraction of sp³-hybridized carbons (Fsp3) is 0.0952. The standard InChI is InChI=1S/C21H12Cl3F3N2O2S2/c22-12-2-3-18-17(8-12)29-20(32-18)9-14-15(23)5-10(6-16(14)24)13-7-11(21(25,26)27)1-4-19(13)33(28,30)31/h1-8H,9H2,(H2,28,30,31). The van der Waals surface area contributed by atoms with Crippen molar-refractivity contribution in [3.8, 4) is 11.1 Å². The van der Waals surface area contributed by atoms with Crippen LogP contribution in [0.25, 0.3) is 21.3 Å². The highest BCUT2D eigenvalue weighted by Gasteiger charge is 2.32. The molecule has 4 aromatic rings. The van der Waals surface area contributed by atoms with Gasteiger partial charge in [-0.15, -0.1) is 11.3 Å². The highest BCUT2D eigenvalue weighted by atomic mass is 35.5. The fourth-order valence-electron chi connectivity index (χ4n) is 3.28. The average Bonchev–Trinajstić information content (AvgIpc) is 3.10. The van der Waals surface area contributed by atoms with E-state index in [0.717, 1.165) is 10.8 Å². The smallest absolute Gasteiger partial charge is 0.241 e. The lowest BCUT2D eigenvalue weighted by Crippen LogP contribution is -2.15. The van der Waals surface area contributed by atoms with E-state index in [1.165, 1.54) is 23.5 Å². The van der Waals surface area contributed by atoms with Crippen molar-refractivity contribution >= 4 is 66.4 Å². The first-order valence-electron chi connectivity index (χ1n) is 9.10. The van der Waals surface area contributed by atoms with Gasteiger partial charge in [0.2, 0.25) is 10.0 Å². The number of fused-ring (bicyclic) bond motifs is 1. The third-order valence-electron chi connectivity index (χ3n) is 4.79. The zero-order valence-electron chi connectivity index (χ0n) is 16.3. The summed E-state index contributed by atoms with van der Waals surface area (Å²) in [6, 6.07) is 10.2. The lowest BCUT2D eigenvalue weighted by atomic mass is 10.0. The molecule has 0 atom stereocenters. The van der Waals surface area contributed by atoms with Crippen LogP contribution in [0.3, 0.4) is 0 Å². The molecule has 3 aromatic carbocycles. The Morgan fingerprint density at radius 1 is 0.970 bits per heavy atom. The highest BCUT2D eigenvalue weighted by molar-refractivity contribution is 7.89. The Bertz CT molecular complexity index is 1480. The number of primary sulfonamides is 1. The Morgan fingerprint density at radius 3 is 2.24 bits per heavy atom. The Hall–Kier alpha value is -1.88. The van der Waals surface area contributed by atoms with E-state index < -0.39 is 26.7 Å². The maximum atomic E-state index is 13.2. The van der Waals surface area contributed by atoms with Gasteiger partial charge in [0.15, 0.2) is 0 Å². The number of hydrogen-bond donors (Lipinski definition) is 1. The number of aromatic nitrogens is 1. The second-order valence-corrected chi connectivity index (χ2v) is 11.0. The van der Waals surface area contributed by atoms with Crippen LogP contribution in [0.4, 0.5) is 13.2 Å². The molecule has 0 aliphatic heterocycles. The van der Waals surface area contributed by atoms with Gasteiger partial charge in [-0.1, -0.05) is 34.8 Å². The van der Waals surface area contributed by atoms with Crippen LogP contribution in [-0.4, -0.2) is 13.4 Å². The lowest BCUT2D eigenvalue weighted by Gasteiger charge is -2.15. The zero-order valence-corrected chi connectivity index (χ0v) is 20.2. The van der Waals surface area contributed by atoms with Crippen LogP contribution in [0.1, 0.15) is 16.1 Å². The molecule has 0 amide bonds. The molecule has 2 N–H and O–H groups in total. The number of rotatable bonds is 4. The molecule has 4 rings (SSSR count). The second-order valence-electron chi connectivity index (χ2n) is 7.07. The summed E-state index contributed by atoms with van der Waals surface area (Å²) in [7, 11) is -4.32. The van der Waals surface area contributed by atoms with Gasteiger partial charge in [0.05, 0.1) is 25.7 Å². The molecule has 12 heteroatoms. The first kappa shape index (κ1) is 24.3. The molecule has 0 fully saturated rings. The normalized spacial score (nSPS) is 12.5. The molecule has 0 bridgehead atoms. The summed E-state index contributed by atoms with van der Waals surface area (Å²) in [4.78, 5) is 4.04. The summed E-state index contributed by atoms with van der Waals surface area (Å²) in [5, 5.41) is 6.76. The third-order valence-corrected chi connectivity index (χ3v) is 7.70. The SMILES string of the molecule is NS(=O)(=O)c1ccc(C(F)(F)F)cc1-c1cc(Cl)c(Cc2nc3cc(Cl)ccc3s2)c(Cl)c1. The molecule has 1 heterocycles. The van der Waals surface area contributed by atoms with E-state index in [2.05, 4.69) is 4.98 Å². The molecule has 0 radical (unpaired) electrons. The van der Waals surface area contributed by atoms with Gasteiger partial charge in [0.25, 0.3) is 0 Å². The minimum absolute atomic E-state index is 0.0833. The van der Waals surface area contributed by atoms with Crippen LogP contribution in [0.5, 0.6) is 0 Å². The molecule has 0 spiro atoms. The van der Waals surface area contributed by atoms with Crippen molar-refractivity contribution in [2.75, 3.05) is 0 Å². The van der Waals surface area contributed by atoms with Gasteiger partial charge >= 0.3 is 6.18 Å². The molecular formula is C21H12Cl3F3N2O2S2. The highest BCUT2D eigenvalue weighted by Crippen LogP contribution is 2.39. The summed E-state index contributed by atoms with van der Waals surface area (Å²) in [5.41, 5.74) is 0.0103. The number of hydrogen-bond acceptors (Lipinski definition) is 4. The zero-order chi connectivity index (χ0) is 24.1. The van der Waals surface area contributed by atoms with Crippen LogP contribution in [-0.2, 0) is 22.6 Å². The first-order valence-corrected chi connectivity index (χ1v) is 12.6. The third kappa shape index (κ3) is 5.13. The van der Waals surface area contributed by atoms with Crippen molar-refractivity contribution < 1.29 is 21.6 Å². The van der Waals surface area contributed by atoms with Gasteiger partial charge in [-0.2, -0.15) is 13.2 Å². The van der Waals surface area contributed by atoms with Crippen LogP contribution in [0, 0.1) is 0 Å². The van der Waals surface area contributed by atoms with Crippen LogP contribution < -0.4 is 5.14 Å². The molecular weight excluding hydrogens is 540 g/mol. The van der Waals surface area contributed by atoms with Gasteiger partial charge < -0.3 is 0 Å². The van der Waals surface area contributed by atoms with Crippen molar-refractivity contribution in [2.45, 2.75) is 17.5 Å². The Labute approximate surface area is 205 Å². The van der Waals surface area contributed by atoms with Crippen molar-refractivity contribution in [1.82, 2.24) is 4.98 Å². The van der Waals surface area contributed by atoms with Gasteiger partial charge in [-0.3, -0.25) is 0 Å². The molecule has 0 unspecified atom stereocenters. The van der Waals surface area contributed by atoms with Gasteiger partial charge in [0, 0.05) is 27.1 Å². The maximum absolute atomic E-state index is 13.2. The number of alkyl halides is 3. The van der Waals surface area contributed by atoms with E-state index in [0.29, 0.717) is 33.2 Å². The van der Waals surface area contributed by atoms with E-state index in [-0.39, 0.29) is 27.6 Å². The minimum Gasteiger partial charge on any atom is -0.241 e. The number of nitrogens with zero attached hydrogens (tertiary/aromatic N) is 1. The molecule has 0 aliphatic rings. The van der Waals surface area contributed by atoms with E-state index in [9.17, 15) is 21.6 Å². The predicted molar refractivity (Wildman–Crippen MR) is 126 cm³/mol. The van der Waals surface area contributed by atoms with Crippen LogP contribution in [0.2, 0.25) is 15.1 Å². The minimum atomic E-state index is -4.69. The quantitative estimate of drug-likeness (QED) is 0.292. The maximum Gasteiger partial charge on any atom is 0.416 e. The Kier molecular flexibility index (Phi) is 6.41. The summed E-state index contributed by atoms with van der Waals surface area (Å²) in [6.45, 7) is 0. The predicted octanol–water partition coefficient (Wildman–Crippen LogP) is 7.18. The van der Waals surface area contributed by atoms with E-state index in [1.54, 1.807) is 12.1 Å². The molecule has 33 heavy (non-hydrogen) atoms. The Balaban J connectivity index is 1.79. The number of benzene rings is 3. The molecule has 0 saturated carbocycles. The van der Waals surface area contributed by atoms with Crippen molar-refractivity contribution in [3.05, 3.63) is 79.7 Å². The largest absolute Gasteiger partial charge is 0.416 e. The summed E-state index contributed by atoms with van der Waals surface area (Å²) in [5.74, 6) is 0. The molecule has 0 aliphatic carbocycles. The number of nitrogens with two attached hydrogens (primary N) is 1. The Morgan fingerprint density at radius 2 is 1.64 bits per heavy atom. The molecule has 0 saturated heterocycles. The van der Waals surface area contributed by atoms with Crippen molar-refractivity contribution in [3.63, 3.8) is 0 Å². The van der Waals surface area contributed by atoms with E-state index >= 15 is 0 Å². The van der Waals surface area contributed by atoms with Crippen LogP contribution >= 0.6 is 46.1 Å². The first-order chi connectivity index (χ1) is 15.3. The lowest BCUT2D eigenvalue weighted by molar-refractivity contribution is -0.137. The summed E-state index contributed by atoms with van der Waals surface area (Å²) < 4.78 is 64.6. The average molecular weight is 552 g/mol. The van der Waals surface area contributed by atoms with E-state index in [1.807, 2.05) is 6.07 Å². The number of thiazole rings is 1. The summed E-state index contributed by atoms with van der Waals surface area (Å²) in [6.07, 6.45) is -4.42. The van der Waals surface area contributed by atoms with E-state index in [4.69, 9.17) is 39.9 Å².